The molecule has 0 aliphatic heterocycles. The molecule has 0 spiro atoms. The largest absolute Gasteiger partial charge is 0.387 e. The van der Waals surface area contributed by atoms with Crippen LogP contribution in [0.5, 0.6) is 0 Å². The molecule has 1 aromatic rings. The van der Waals surface area contributed by atoms with Gasteiger partial charge < -0.3 is 10.8 Å². The number of hydrogen-bond acceptors (Lipinski definition) is 3. The molecule has 2 atom stereocenters. The molecule has 3 N–H and O–H groups in total. The number of pyridine rings is 1. The number of fused-ring (bicyclic) bond motifs is 1. The molecular weight excluding hydrogens is 164 g/mol. The zero-order valence-corrected chi connectivity index (χ0v) is 7.70. The van der Waals surface area contributed by atoms with E-state index in [9.17, 15) is 5.11 Å². The topological polar surface area (TPSA) is 59.1 Å². The smallest absolute Gasteiger partial charge is 0.0962 e. The van der Waals surface area contributed by atoms with E-state index >= 15 is 0 Å². The number of nitrogens with two attached hydrogens (primary N) is 1. The molecule has 1 heterocycles. The minimum absolute atomic E-state index is 0.172. The first-order valence-electron chi connectivity index (χ1n) is 4.64. The molecule has 0 aromatic carbocycles. The molecule has 2 rings (SSSR count). The van der Waals surface area contributed by atoms with Crippen molar-refractivity contribution in [1.29, 1.82) is 0 Å². The summed E-state index contributed by atoms with van der Waals surface area (Å²) in [6, 6.07) is 3.73. The fourth-order valence-corrected chi connectivity index (χ4v) is 1.75. The molecule has 0 amide bonds. The highest BCUT2D eigenvalue weighted by molar-refractivity contribution is 5.32. The summed E-state index contributed by atoms with van der Waals surface area (Å²) in [5.74, 6) is 0. The van der Waals surface area contributed by atoms with Crippen molar-refractivity contribution in [1.82, 2.24) is 4.98 Å². The highest BCUT2D eigenvalue weighted by Crippen LogP contribution is 2.28. The lowest BCUT2D eigenvalue weighted by molar-refractivity contribution is 0.159. The Kier molecular flexibility index (Phi) is 2.06. The van der Waals surface area contributed by atoms with Gasteiger partial charge in [-0.15, -0.1) is 0 Å². The first kappa shape index (κ1) is 8.66. The van der Waals surface area contributed by atoms with Crippen LogP contribution in [-0.4, -0.2) is 16.1 Å². The van der Waals surface area contributed by atoms with Gasteiger partial charge in [0.05, 0.1) is 6.10 Å². The number of aromatic nitrogens is 1. The number of rotatable bonds is 1. The molecule has 0 saturated heterocycles. The average molecular weight is 178 g/mol. The predicted octanol–water partition coefficient (Wildman–Crippen LogP) is 0.561. The lowest BCUT2D eigenvalue weighted by Gasteiger charge is -2.07. The average Bonchev–Trinajstić information content (AvgIpc) is 2.42. The molecule has 1 aliphatic rings. The molecule has 1 aromatic heterocycles. The van der Waals surface area contributed by atoms with Gasteiger partial charge in [0.1, 0.15) is 0 Å². The summed E-state index contributed by atoms with van der Waals surface area (Å²) in [6.45, 7) is 2.07. The molecule has 1 aliphatic carbocycles. The molecule has 0 radical (unpaired) electrons. The quantitative estimate of drug-likeness (QED) is 0.660. The molecular formula is C10H14N2O. The third kappa shape index (κ3) is 1.34. The highest BCUT2D eigenvalue weighted by Gasteiger charge is 2.28. The standard InChI is InChI=1S/C10H14N2O/c1-2-6-3-4-7-9(12-6)5-8(11)10(7)13/h3-4,8,10,13H,2,5,11H2,1H3. The van der Waals surface area contributed by atoms with Crippen molar-refractivity contribution >= 4 is 0 Å². The second-order valence-corrected chi connectivity index (χ2v) is 3.50. The van der Waals surface area contributed by atoms with Crippen molar-refractivity contribution < 1.29 is 5.11 Å². The van der Waals surface area contributed by atoms with Gasteiger partial charge in [-0.05, 0) is 12.5 Å². The van der Waals surface area contributed by atoms with Gasteiger partial charge >= 0.3 is 0 Å². The van der Waals surface area contributed by atoms with Gasteiger partial charge in [-0.25, -0.2) is 0 Å². The van der Waals surface area contributed by atoms with E-state index in [1.165, 1.54) is 0 Å². The van der Waals surface area contributed by atoms with Crippen molar-refractivity contribution in [2.45, 2.75) is 31.9 Å². The Morgan fingerprint density at radius 2 is 2.38 bits per heavy atom. The summed E-state index contributed by atoms with van der Waals surface area (Å²) < 4.78 is 0. The van der Waals surface area contributed by atoms with Gasteiger partial charge in [-0.2, -0.15) is 0 Å². The third-order valence-electron chi connectivity index (χ3n) is 2.58. The summed E-state index contributed by atoms with van der Waals surface area (Å²) in [7, 11) is 0. The Balaban J connectivity index is 2.40. The van der Waals surface area contributed by atoms with Gasteiger partial charge in [0.2, 0.25) is 0 Å². The molecule has 13 heavy (non-hydrogen) atoms. The van der Waals surface area contributed by atoms with Gasteiger partial charge in [-0.1, -0.05) is 13.0 Å². The van der Waals surface area contributed by atoms with Crippen LogP contribution in [0.25, 0.3) is 0 Å². The lowest BCUT2D eigenvalue weighted by Crippen LogP contribution is -2.24. The third-order valence-corrected chi connectivity index (χ3v) is 2.58. The first-order valence-corrected chi connectivity index (χ1v) is 4.64. The van der Waals surface area contributed by atoms with Crippen LogP contribution in [0.4, 0.5) is 0 Å². The van der Waals surface area contributed by atoms with Crippen LogP contribution in [0.15, 0.2) is 12.1 Å². The number of aliphatic hydroxyl groups excluding tert-OH is 1. The Morgan fingerprint density at radius 1 is 1.62 bits per heavy atom. The maximum absolute atomic E-state index is 9.65. The predicted molar refractivity (Wildman–Crippen MR) is 50.3 cm³/mol. The van der Waals surface area contributed by atoms with E-state index in [1.54, 1.807) is 0 Å². The van der Waals surface area contributed by atoms with Crippen LogP contribution < -0.4 is 5.73 Å². The van der Waals surface area contributed by atoms with Crippen molar-refractivity contribution in [3.05, 3.63) is 29.1 Å². The lowest BCUT2D eigenvalue weighted by atomic mass is 10.1. The van der Waals surface area contributed by atoms with Crippen LogP contribution in [-0.2, 0) is 12.8 Å². The molecule has 70 valence electrons. The summed E-state index contributed by atoms with van der Waals surface area (Å²) in [5.41, 5.74) is 8.68. The van der Waals surface area contributed by atoms with Gasteiger partial charge in [0.15, 0.2) is 0 Å². The SMILES string of the molecule is CCc1ccc2c(n1)CC(N)C2O. The fourth-order valence-electron chi connectivity index (χ4n) is 1.75. The number of aliphatic hydroxyl groups is 1. The summed E-state index contributed by atoms with van der Waals surface area (Å²) in [5, 5.41) is 9.65. The first-order chi connectivity index (χ1) is 6.22. The van der Waals surface area contributed by atoms with Crippen LogP contribution >= 0.6 is 0 Å². The minimum atomic E-state index is -0.520. The monoisotopic (exact) mass is 178 g/mol. The molecule has 3 heteroatoms. The van der Waals surface area contributed by atoms with E-state index in [0.717, 1.165) is 23.4 Å². The van der Waals surface area contributed by atoms with Gasteiger partial charge in [-0.3, -0.25) is 4.98 Å². The fraction of sp³-hybridized carbons (Fsp3) is 0.500. The second-order valence-electron chi connectivity index (χ2n) is 3.50. The van der Waals surface area contributed by atoms with Crippen molar-refractivity contribution in [3.8, 4) is 0 Å². The summed E-state index contributed by atoms with van der Waals surface area (Å²) in [4.78, 5) is 4.43. The maximum atomic E-state index is 9.65. The molecule has 2 unspecified atom stereocenters. The van der Waals surface area contributed by atoms with Gasteiger partial charge in [0.25, 0.3) is 0 Å². The van der Waals surface area contributed by atoms with Gasteiger partial charge in [0, 0.05) is 29.4 Å². The van der Waals surface area contributed by atoms with E-state index < -0.39 is 6.10 Å². The Bertz CT molecular complexity index is 325. The van der Waals surface area contributed by atoms with Crippen LogP contribution in [0, 0.1) is 0 Å². The van der Waals surface area contributed by atoms with E-state index in [4.69, 9.17) is 5.73 Å². The molecule has 0 bridgehead atoms. The Hall–Kier alpha value is -0.930. The summed E-state index contributed by atoms with van der Waals surface area (Å²) in [6.07, 6.45) is 1.11. The highest BCUT2D eigenvalue weighted by atomic mass is 16.3. The van der Waals surface area contributed by atoms with E-state index in [2.05, 4.69) is 11.9 Å². The number of nitrogens with zero attached hydrogens (tertiary/aromatic N) is 1. The molecule has 0 saturated carbocycles. The van der Waals surface area contributed by atoms with E-state index in [-0.39, 0.29) is 6.04 Å². The molecule has 3 nitrogen and oxygen atoms in total. The normalized spacial score (nSPS) is 26.1. The Morgan fingerprint density at radius 3 is 3.08 bits per heavy atom. The van der Waals surface area contributed by atoms with E-state index in [0.29, 0.717) is 6.42 Å². The number of aryl methyl sites for hydroxylation is 1. The van der Waals surface area contributed by atoms with E-state index in [1.807, 2.05) is 12.1 Å². The second kappa shape index (κ2) is 3.09. The van der Waals surface area contributed by atoms with Crippen LogP contribution in [0.2, 0.25) is 0 Å². The van der Waals surface area contributed by atoms with Crippen molar-refractivity contribution in [2.75, 3.05) is 0 Å². The van der Waals surface area contributed by atoms with Crippen LogP contribution in [0.3, 0.4) is 0 Å². The zero-order chi connectivity index (χ0) is 9.42. The van der Waals surface area contributed by atoms with Crippen molar-refractivity contribution in [3.63, 3.8) is 0 Å². The van der Waals surface area contributed by atoms with Crippen molar-refractivity contribution in [2.24, 2.45) is 5.73 Å². The maximum Gasteiger partial charge on any atom is 0.0962 e. The van der Waals surface area contributed by atoms with Crippen LogP contribution in [0.1, 0.15) is 30.0 Å². The summed E-state index contributed by atoms with van der Waals surface area (Å²) >= 11 is 0. The minimum Gasteiger partial charge on any atom is -0.387 e. The Labute approximate surface area is 77.6 Å². The molecule has 0 fully saturated rings. The zero-order valence-electron chi connectivity index (χ0n) is 7.70. The number of hydrogen-bond donors (Lipinski definition) is 2.